The third-order valence-corrected chi connectivity index (χ3v) is 17.0. The first-order valence-corrected chi connectivity index (χ1v) is 25.1. The summed E-state index contributed by atoms with van der Waals surface area (Å²) in [7, 11) is -4.02. The quantitative estimate of drug-likeness (QED) is 0.138. The minimum atomic E-state index is -4.02. The summed E-state index contributed by atoms with van der Waals surface area (Å²) in [5, 5.41) is 6.71. The van der Waals surface area contributed by atoms with Gasteiger partial charge in [0.2, 0.25) is 27.7 Å². The van der Waals surface area contributed by atoms with Gasteiger partial charge in [-0.2, -0.15) is 0 Å². The second-order valence-corrected chi connectivity index (χ2v) is 21.5. The third kappa shape index (κ3) is 9.37. The molecule has 6 aliphatic rings. The molecule has 5 fully saturated rings. The van der Waals surface area contributed by atoms with E-state index in [2.05, 4.69) is 38.7 Å². The monoisotopic (exact) mass is 910 g/mol. The number of hydrogen-bond acceptors (Lipinski definition) is 10. The van der Waals surface area contributed by atoms with Crippen LogP contribution in [-0.2, 0) is 42.1 Å². The average molecular weight is 911 g/mol. The Morgan fingerprint density at radius 1 is 1.00 bits per heavy atom. The molecule has 4 saturated carbocycles. The molecule has 3 aromatic rings. The largest absolute Gasteiger partial charge is 0.492 e. The van der Waals surface area contributed by atoms with Crippen molar-refractivity contribution in [3.05, 3.63) is 79.2 Å². The summed E-state index contributed by atoms with van der Waals surface area (Å²) in [6.45, 7) is 6.65. The lowest BCUT2D eigenvalue weighted by molar-refractivity contribution is -0.142. The molecule has 2 aromatic heterocycles. The van der Waals surface area contributed by atoms with E-state index in [1.165, 1.54) is 11.0 Å². The van der Waals surface area contributed by atoms with Gasteiger partial charge in [-0.05, 0) is 120 Å². The number of nitrogens with zero attached hydrogens (tertiary/aromatic N) is 3. The molecule has 0 radical (unpaired) electrons. The van der Waals surface area contributed by atoms with E-state index in [0.717, 1.165) is 81.7 Å². The highest BCUT2D eigenvalue weighted by molar-refractivity contribution is 7.91. The van der Waals surface area contributed by atoms with Gasteiger partial charge in [0.25, 0.3) is 5.91 Å². The number of amides is 4. The van der Waals surface area contributed by atoms with Gasteiger partial charge in [0.15, 0.2) is 0 Å². The van der Waals surface area contributed by atoms with Crippen LogP contribution in [0.2, 0.25) is 0 Å². The van der Waals surface area contributed by atoms with Crippen LogP contribution in [0.5, 0.6) is 11.6 Å². The van der Waals surface area contributed by atoms with Crippen LogP contribution < -0.4 is 24.8 Å². The summed E-state index contributed by atoms with van der Waals surface area (Å²) in [5.41, 5.74) is -0.158. The summed E-state index contributed by atoms with van der Waals surface area (Å²) >= 11 is 0. The van der Waals surface area contributed by atoms with Crippen molar-refractivity contribution in [3.63, 3.8) is 0 Å². The van der Waals surface area contributed by atoms with Crippen molar-refractivity contribution >= 4 is 44.7 Å². The number of ether oxygens (including phenoxy) is 3. The molecule has 65 heavy (non-hydrogen) atoms. The Hall–Kier alpha value is -5.38. The van der Waals surface area contributed by atoms with Crippen molar-refractivity contribution in [3.8, 4) is 11.6 Å². The molecule has 0 spiro atoms. The predicted octanol–water partition coefficient (Wildman–Crippen LogP) is 6.26. The zero-order valence-electron chi connectivity index (χ0n) is 37.3. The number of allylic oxidation sites excluding steroid dienone is 2. The average Bonchev–Trinajstić information content (AvgIpc) is 3.73. The van der Waals surface area contributed by atoms with E-state index < -0.39 is 68.2 Å². The van der Waals surface area contributed by atoms with Crippen LogP contribution in [0.25, 0.3) is 10.9 Å². The molecule has 348 valence electrons. The van der Waals surface area contributed by atoms with Crippen molar-refractivity contribution in [1.82, 2.24) is 29.8 Å². The Balaban J connectivity index is 1.06. The van der Waals surface area contributed by atoms with Gasteiger partial charge in [-0.1, -0.05) is 43.2 Å². The Kier molecular flexibility index (Phi) is 12.7. The molecule has 7 atom stereocenters. The standard InChI is InChI=1S/C49H62N6O9S/c1-3-34-30-49(34,46(58)53-65(60,61)48(2)23-24-48)52-43(56)39-29-35-31-55(39)45(57)41(33-16-7-8-17-33)51-47(59)64-40-22-13-18-32(40)15-5-4-6-20-37-42(62-28-14-27-54-25-11-12-26-54)36-19-9-10-21-38(36)50-44(37)63-35/h3-4,6,9-12,19,21,25-26,32-35,39-41H,1,5,7-8,13-18,20,22-24,27-31H2,2H3,(H,51,59)(H,52,56)(H,53,58)/t32-,34-,35-,39+,40-,41+,49-/m1/s1. The number of alkyl carbamates (subject to hydrolysis) is 1. The second kappa shape index (κ2) is 18.5. The Morgan fingerprint density at radius 3 is 2.52 bits per heavy atom. The lowest BCUT2D eigenvalue weighted by Gasteiger charge is -2.32. The second-order valence-electron chi connectivity index (χ2n) is 19.3. The van der Waals surface area contributed by atoms with Crippen LogP contribution in [0.3, 0.4) is 0 Å². The molecule has 2 bridgehead atoms. The topological polar surface area (TPSA) is 187 Å². The Morgan fingerprint density at radius 2 is 1.77 bits per heavy atom. The number of sulfonamides is 1. The lowest BCUT2D eigenvalue weighted by Crippen LogP contribution is -2.59. The molecule has 4 amide bonds. The first kappa shape index (κ1) is 44.8. The van der Waals surface area contributed by atoms with E-state index in [1.807, 2.05) is 48.8 Å². The highest BCUT2D eigenvalue weighted by atomic mass is 32.2. The molecule has 3 N–H and O–H groups in total. The summed E-state index contributed by atoms with van der Waals surface area (Å²) in [6, 6.07) is 9.64. The van der Waals surface area contributed by atoms with Crippen LogP contribution in [0.4, 0.5) is 4.79 Å². The number of pyridine rings is 1. The number of fused-ring (bicyclic) bond motifs is 5. The van der Waals surface area contributed by atoms with Crippen LogP contribution >= 0.6 is 0 Å². The first-order chi connectivity index (χ1) is 31.4. The Bertz CT molecular complexity index is 2430. The maximum absolute atomic E-state index is 15.1. The minimum Gasteiger partial charge on any atom is -0.492 e. The minimum absolute atomic E-state index is 0.0186. The SMILES string of the molecule is C=C[C@@H]1C[C@]1(NC(=O)[C@@H]1C[C@@H]2CN1C(=O)[C@H](C1CCCC1)NC(=O)O[C@@H]1CCC[C@H]1CCC=CCc1c(nc3ccccc3c1OCCCn1cccc1)O2)C(=O)NS(=O)(=O)C1(C)CC1. The predicted molar refractivity (Wildman–Crippen MR) is 243 cm³/mol. The smallest absolute Gasteiger partial charge is 0.408 e. The van der Waals surface area contributed by atoms with Crippen molar-refractivity contribution in [2.24, 2.45) is 17.8 Å². The number of hydrogen-bond donors (Lipinski definition) is 3. The molecule has 9 rings (SSSR count). The maximum atomic E-state index is 15.1. The van der Waals surface area contributed by atoms with Crippen molar-refractivity contribution in [2.45, 2.75) is 144 Å². The van der Waals surface area contributed by atoms with E-state index in [9.17, 15) is 22.8 Å². The number of aromatic nitrogens is 2. The molecule has 4 heterocycles. The number of rotatable bonds is 12. The number of nitrogens with one attached hydrogen (secondary N) is 3. The zero-order chi connectivity index (χ0) is 45.3. The number of benzene rings is 1. The van der Waals surface area contributed by atoms with Crippen molar-refractivity contribution in [1.29, 1.82) is 0 Å². The van der Waals surface area contributed by atoms with Gasteiger partial charge in [-0.3, -0.25) is 19.1 Å². The summed E-state index contributed by atoms with van der Waals surface area (Å²) in [5.74, 6) is -1.44. The van der Waals surface area contributed by atoms with Crippen LogP contribution in [-0.4, -0.2) is 94.4 Å². The van der Waals surface area contributed by atoms with Crippen molar-refractivity contribution in [2.75, 3.05) is 13.2 Å². The van der Waals surface area contributed by atoms with E-state index in [0.29, 0.717) is 43.0 Å². The molecular formula is C49H62N6O9S. The molecule has 1 aromatic carbocycles. The molecule has 2 aliphatic heterocycles. The highest BCUT2D eigenvalue weighted by Gasteiger charge is 2.63. The molecule has 15 nitrogen and oxygen atoms in total. The van der Waals surface area contributed by atoms with Crippen LogP contribution in [0, 0.1) is 17.8 Å². The fourth-order valence-corrected chi connectivity index (χ4v) is 11.8. The molecule has 16 heteroatoms. The van der Waals surface area contributed by atoms with Gasteiger partial charge < -0.3 is 34.3 Å². The zero-order valence-corrected chi connectivity index (χ0v) is 38.1. The van der Waals surface area contributed by atoms with Gasteiger partial charge in [-0.25, -0.2) is 18.2 Å². The van der Waals surface area contributed by atoms with Crippen LogP contribution in [0.15, 0.2) is 73.6 Å². The molecule has 0 unspecified atom stereocenters. The number of aryl methyl sites for hydroxylation is 1. The molecule has 4 aliphatic carbocycles. The maximum Gasteiger partial charge on any atom is 0.408 e. The van der Waals surface area contributed by atoms with E-state index in [1.54, 1.807) is 6.92 Å². The van der Waals surface area contributed by atoms with Gasteiger partial charge in [0.1, 0.15) is 35.6 Å². The van der Waals surface area contributed by atoms with Crippen LogP contribution in [0.1, 0.15) is 102 Å². The molecular weight excluding hydrogens is 849 g/mol. The van der Waals surface area contributed by atoms with Gasteiger partial charge >= 0.3 is 6.09 Å². The summed E-state index contributed by atoms with van der Waals surface area (Å²) in [6.07, 6.45) is 17.9. The fraction of sp³-hybridized carbons (Fsp3) is 0.571. The number of carbonyl (C=O) groups excluding carboxylic acids is 4. The third-order valence-electron chi connectivity index (χ3n) is 14.8. The lowest BCUT2D eigenvalue weighted by atomic mass is 9.96. The van der Waals surface area contributed by atoms with Gasteiger partial charge in [0, 0.05) is 36.7 Å². The van der Waals surface area contributed by atoms with E-state index in [-0.39, 0.29) is 37.3 Å². The number of para-hydroxylation sites is 1. The first-order valence-electron chi connectivity index (χ1n) is 23.6. The van der Waals surface area contributed by atoms with Crippen molar-refractivity contribution < 1.29 is 41.8 Å². The fourth-order valence-electron chi connectivity index (χ4n) is 10.5. The van der Waals surface area contributed by atoms with E-state index in [4.69, 9.17) is 19.2 Å². The summed E-state index contributed by atoms with van der Waals surface area (Å²) in [4.78, 5) is 64.1. The highest BCUT2D eigenvalue weighted by Crippen LogP contribution is 2.47. The summed E-state index contributed by atoms with van der Waals surface area (Å²) < 4.78 is 49.4. The van der Waals surface area contributed by atoms with Gasteiger partial charge in [0.05, 0.1) is 29.0 Å². The molecule has 1 saturated heterocycles. The Labute approximate surface area is 381 Å². The van der Waals surface area contributed by atoms with Gasteiger partial charge in [-0.15, -0.1) is 6.58 Å². The van der Waals surface area contributed by atoms with E-state index >= 15 is 4.79 Å². The normalized spacial score (nSPS) is 29.0. The number of carbonyl (C=O) groups is 4.